The molecule has 2 aromatic heterocycles. The first-order valence-electron chi connectivity index (χ1n) is 9.69. The fraction of sp³-hybridized carbons (Fsp3) is 0.208. The van der Waals surface area contributed by atoms with Crippen LogP contribution < -0.4 is 4.74 Å². The Bertz CT molecular complexity index is 1210. The van der Waals surface area contributed by atoms with E-state index in [9.17, 15) is 4.79 Å². The largest absolute Gasteiger partial charge is 0.481 e. The maximum atomic E-state index is 13.0. The molecule has 0 saturated carbocycles. The number of amides is 1. The van der Waals surface area contributed by atoms with Gasteiger partial charge in [0, 0.05) is 29.9 Å². The predicted octanol–water partition coefficient (Wildman–Crippen LogP) is 4.79. The normalized spacial score (nSPS) is 10.9. The molecule has 0 bridgehead atoms. The van der Waals surface area contributed by atoms with Crippen LogP contribution in [0.2, 0.25) is 0 Å². The van der Waals surface area contributed by atoms with Gasteiger partial charge in [-0.05, 0) is 54.4 Å². The van der Waals surface area contributed by atoms with Gasteiger partial charge in [-0.25, -0.2) is 4.98 Å². The van der Waals surface area contributed by atoms with E-state index in [1.165, 1.54) is 0 Å². The number of nitrogens with zero attached hydrogens (tertiary/aromatic N) is 3. The number of benzene rings is 2. The van der Waals surface area contributed by atoms with Crippen LogP contribution in [0.25, 0.3) is 21.9 Å². The van der Waals surface area contributed by atoms with Gasteiger partial charge in [-0.3, -0.25) is 4.79 Å². The monoisotopic (exact) mass is 401 g/mol. The zero-order valence-electron chi connectivity index (χ0n) is 17.5. The third kappa shape index (κ3) is 3.52. The molecular formula is C24H23N3O3. The van der Waals surface area contributed by atoms with E-state index < -0.39 is 0 Å². The van der Waals surface area contributed by atoms with E-state index in [0.717, 1.165) is 38.9 Å². The van der Waals surface area contributed by atoms with Crippen LogP contribution in [0.3, 0.4) is 0 Å². The van der Waals surface area contributed by atoms with Gasteiger partial charge in [0.2, 0.25) is 5.88 Å². The number of pyridine rings is 1. The van der Waals surface area contributed by atoms with Crippen molar-refractivity contribution >= 4 is 16.7 Å². The van der Waals surface area contributed by atoms with Gasteiger partial charge >= 0.3 is 0 Å². The van der Waals surface area contributed by atoms with Crippen LogP contribution in [0.5, 0.6) is 5.88 Å². The van der Waals surface area contributed by atoms with Crippen molar-refractivity contribution in [3.05, 3.63) is 77.3 Å². The van der Waals surface area contributed by atoms with Crippen molar-refractivity contribution in [3.8, 4) is 17.0 Å². The Labute approximate surface area is 175 Å². The number of aryl methyl sites for hydroxylation is 2. The fourth-order valence-electron chi connectivity index (χ4n) is 3.67. The highest BCUT2D eigenvalue weighted by Gasteiger charge is 2.18. The molecule has 0 aliphatic rings. The number of fused-ring (bicyclic) bond motifs is 1. The molecular weight excluding hydrogens is 378 g/mol. The molecule has 0 fully saturated rings. The minimum Gasteiger partial charge on any atom is -0.481 e. The van der Waals surface area contributed by atoms with Crippen molar-refractivity contribution in [3.63, 3.8) is 0 Å². The number of aromatic nitrogens is 2. The molecule has 0 unspecified atom stereocenters. The van der Waals surface area contributed by atoms with Crippen molar-refractivity contribution < 1.29 is 14.1 Å². The lowest BCUT2D eigenvalue weighted by Gasteiger charge is -2.18. The zero-order valence-corrected chi connectivity index (χ0v) is 17.5. The first kappa shape index (κ1) is 19.6. The Hall–Kier alpha value is -3.67. The highest BCUT2D eigenvalue weighted by molar-refractivity contribution is 6.03. The molecule has 2 aromatic carbocycles. The van der Waals surface area contributed by atoms with E-state index >= 15 is 0 Å². The van der Waals surface area contributed by atoms with Crippen molar-refractivity contribution in [1.29, 1.82) is 0 Å². The quantitative estimate of drug-likeness (QED) is 0.481. The van der Waals surface area contributed by atoms with Gasteiger partial charge in [-0.15, -0.1) is 0 Å². The van der Waals surface area contributed by atoms with Gasteiger partial charge < -0.3 is 14.2 Å². The van der Waals surface area contributed by atoms with Gasteiger partial charge in [0.05, 0.1) is 19.3 Å². The molecule has 0 aliphatic heterocycles. The molecule has 0 atom stereocenters. The predicted molar refractivity (Wildman–Crippen MR) is 116 cm³/mol. The number of hydrogen-bond acceptors (Lipinski definition) is 5. The summed E-state index contributed by atoms with van der Waals surface area (Å²) in [4.78, 5) is 19.0. The lowest BCUT2D eigenvalue weighted by Crippen LogP contribution is -2.26. The van der Waals surface area contributed by atoms with Crippen LogP contribution in [-0.4, -0.2) is 35.1 Å². The Balaban J connectivity index is 1.68. The number of ether oxygens (including phenoxy) is 1. The minimum atomic E-state index is -0.0544. The highest BCUT2D eigenvalue weighted by Crippen LogP contribution is 2.34. The fourth-order valence-corrected chi connectivity index (χ4v) is 3.67. The van der Waals surface area contributed by atoms with Gasteiger partial charge in [0.1, 0.15) is 5.76 Å². The van der Waals surface area contributed by atoms with E-state index in [4.69, 9.17) is 9.26 Å². The van der Waals surface area contributed by atoms with Gasteiger partial charge in [-0.2, -0.15) is 0 Å². The standard InChI is InChI=1S/C24H23N3O3/c1-15-22(16(2)30-26-15)14-27(3)24(28)18-10-11-19-17(13-18)7-5-8-20(19)21-9-6-12-25-23(21)29-4/h5-13H,14H2,1-4H3. The molecule has 2 heterocycles. The highest BCUT2D eigenvalue weighted by atomic mass is 16.5. The second-order valence-corrected chi connectivity index (χ2v) is 7.27. The summed E-state index contributed by atoms with van der Waals surface area (Å²) in [5, 5.41) is 5.98. The SMILES string of the molecule is COc1ncccc1-c1cccc2cc(C(=O)N(C)Cc3c(C)noc3C)ccc12. The Morgan fingerprint density at radius 1 is 1.10 bits per heavy atom. The molecule has 4 aromatic rings. The molecule has 6 heteroatoms. The molecule has 0 radical (unpaired) electrons. The summed E-state index contributed by atoms with van der Waals surface area (Å²) in [5.41, 5.74) is 4.31. The number of hydrogen-bond donors (Lipinski definition) is 0. The lowest BCUT2D eigenvalue weighted by molar-refractivity contribution is 0.0784. The van der Waals surface area contributed by atoms with Crippen molar-refractivity contribution in [1.82, 2.24) is 15.0 Å². The van der Waals surface area contributed by atoms with E-state index in [2.05, 4.69) is 10.1 Å². The molecule has 0 aliphatic carbocycles. The van der Waals surface area contributed by atoms with Crippen LogP contribution in [-0.2, 0) is 6.54 Å². The van der Waals surface area contributed by atoms with Gasteiger partial charge in [0.15, 0.2) is 0 Å². The molecule has 0 saturated heterocycles. The summed E-state index contributed by atoms with van der Waals surface area (Å²) >= 11 is 0. The van der Waals surface area contributed by atoms with Gasteiger partial charge in [-0.1, -0.05) is 29.4 Å². The molecule has 0 N–H and O–H groups in total. The smallest absolute Gasteiger partial charge is 0.253 e. The first-order valence-corrected chi connectivity index (χ1v) is 9.69. The van der Waals surface area contributed by atoms with Crippen LogP contribution in [0.1, 0.15) is 27.4 Å². The minimum absolute atomic E-state index is 0.0544. The van der Waals surface area contributed by atoms with Crippen LogP contribution in [0.15, 0.2) is 59.3 Å². The molecule has 152 valence electrons. The zero-order chi connectivity index (χ0) is 21.3. The molecule has 6 nitrogen and oxygen atoms in total. The van der Waals surface area contributed by atoms with Crippen molar-refractivity contribution in [2.45, 2.75) is 20.4 Å². The summed E-state index contributed by atoms with van der Waals surface area (Å²) in [6.07, 6.45) is 1.71. The summed E-state index contributed by atoms with van der Waals surface area (Å²) in [6.45, 7) is 4.19. The van der Waals surface area contributed by atoms with E-state index in [-0.39, 0.29) is 5.91 Å². The molecule has 4 rings (SSSR count). The number of carbonyl (C=O) groups is 1. The van der Waals surface area contributed by atoms with Crippen molar-refractivity contribution in [2.24, 2.45) is 0 Å². The van der Waals surface area contributed by atoms with E-state index in [1.807, 2.05) is 62.4 Å². The Kier molecular flexibility index (Phi) is 5.23. The van der Waals surface area contributed by atoms with E-state index in [0.29, 0.717) is 18.0 Å². The lowest BCUT2D eigenvalue weighted by atomic mass is 9.97. The molecule has 30 heavy (non-hydrogen) atoms. The molecule has 1 amide bonds. The van der Waals surface area contributed by atoms with Gasteiger partial charge in [0.25, 0.3) is 5.91 Å². The number of carbonyl (C=O) groups excluding carboxylic acids is 1. The second-order valence-electron chi connectivity index (χ2n) is 7.27. The average Bonchev–Trinajstić information content (AvgIpc) is 3.09. The number of rotatable bonds is 5. The van der Waals surface area contributed by atoms with Crippen LogP contribution in [0, 0.1) is 13.8 Å². The maximum absolute atomic E-state index is 13.0. The summed E-state index contributed by atoms with van der Waals surface area (Å²) in [6, 6.07) is 15.7. The Morgan fingerprint density at radius 2 is 1.90 bits per heavy atom. The third-order valence-corrected chi connectivity index (χ3v) is 5.31. The second kappa shape index (κ2) is 7.99. The summed E-state index contributed by atoms with van der Waals surface area (Å²) in [5.74, 6) is 1.26. The average molecular weight is 401 g/mol. The topological polar surface area (TPSA) is 68.5 Å². The van der Waals surface area contributed by atoms with Crippen LogP contribution in [0.4, 0.5) is 0 Å². The third-order valence-electron chi connectivity index (χ3n) is 5.31. The summed E-state index contributed by atoms with van der Waals surface area (Å²) in [7, 11) is 3.40. The maximum Gasteiger partial charge on any atom is 0.253 e. The Morgan fingerprint density at radius 3 is 2.63 bits per heavy atom. The van der Waals surface area contributed by atoms with Crippen LogP contribution >= 0.6 is 0 Å². The van der Waals surface area contributed by atoms with E-state index in [1.54, 1.807) is 25.3 Å². The first-order chi connectivity index (χ1) is 14.5. The molecule has 0 spiro atoms. The summed E-state index contributed by atoms with van der Waals surface area (Å²) < 4.78 is 10.6. The van der Waals surface area contributed by atoms with Crippen molar-refractivity contribution in [2.75, 3.05) is 14.2 Å². The number of methoxy groups -OCH3 is 1.